The van der Waals surface area contributed by atoms with E-state index in [2.05, 4.69) is 5.32 Å². The maximum absolute atomic E-state index is 13.5. The lowest BCUT2D eigenvalue weighted by Gasteiger charge is -2.22. The van der Waals surface area contributed by atoms with Gasteiger partial charge in [0.1, 0.15) is 11.9 Å². The molecule has 0 bridgehead atoms. The van der Waals surface area contributed by atoms with Gasteiger partial charge in [-0.05, 0) is 50.0 Å². The number of allylic oxidation sites excluding steroid dienone is 1. The van der Waals surface area contributed by atoms with Crippen LogP contribution in [0.25, 0.3) is 0 Å². The number of halogens is 1. The standard InChI is InChI=1S/C15H20FNO/c1-11-6-7-13(9-15(11)16)12(2)17-10-14-5-3-4-8-18-14/h4,6-9,12,14,17H,3,5,10H2,1-2H3. The molecule has 0 saturated carbocycles. The quantitative estimate of drug-likeness (QED) is 0.882. The van der Waals surface area contributed by atoms with Crippen LogP contribution in [0.1, 0.15) is 36.9 Å². The molecule has 2 atom stereocenters. The Morgan fingerprint density at radius 2 is 2.33 bits per heavy atom. The Hall–Kier alpha value is -1.35. The third-order valence-corrected chi connectivity index (χ3v) is 3.37. The number of aryl methyl sites for hydroxylation is 1. The fourth-order valence-electron chi connectivity index (χ4n) is 2.04. The van der Waals surface area contributed by atoms with Crippen molar-refractivity contribution in [1.82, 2.24) is 5.32 Å². The van der Waals surface area contributed by atoms with Crippen LogP contribution in [-0.4, -0.2) is 12.6 Å². The summed E-state index contributed by atoms with van der Waals surface area (Å²) in [6.45, 7) is 4.61. The van der Waals surface area contributed by atoms with Crippen molar-refractivity contribution in [1.29, 1.82) is 0 Å². The van der Waals surface area contributed by atoms with Crippen molar-refractivity contribution in [3.63, 3.8) is 0 Å². The zero-order chi connectivity index (χ0) is 13.0. The van der Waals surface area contributed by atoms with Gasteiger partial charge in [0.05, 0.1) is 6.26 Å². The lowest BCUT2D eigenvalue weighted by Crippen LogP contribution is -2.31. The Kier molecular flexibility index (Phi) is 4.37. The van der Waals surface area contributed by atoms with Gasteiger partial charge in [0.15, 0.2) is 0 Å². The van der Waals surface area contributed by atoms with Gasteiger partial charge in [0.25, 0.3) is 0 Å². The van der Waals surface area contributed by atoms with E-state index in [1.165, 1.54) is 0 Å². The van der Waals surface area contributed by atoms with Crippen LogP contribution in [-0.2, 0) is 4.74 Å². The third kappa shape index (κ3) is 3.33. The lowest BCUT2D eigenvalue weighted by atomic mass is 10.1. The number of benzene rings is 1. The molecule has 2 unspecified atom stereocenters. The fraction of sp³-hybridized carbons (Fsp3) is 0.467. The molecule has 0 fully saturated rings. The van der Waals surface area contributed by atoms with E-state index in [9.17, 15) is 4.39 Å². The maximum atomic E-state index is 13.5. The van der Waals surface area contributed by atoms with E-state index in [4.69, 9.17) is 4.74 Å². The number of hydrogen-bond acceptors (Lipinski definition) is 2. The first-order chi connectivity index (χ1) is 8.66. The second-order valence-corrected chi connectivity index (χ2v) is 4.85. The summed E-state index contributed by atoms with van der Waals surface area (Å²) in [5, 5.41) is 3.39. The third-order valence-electron chi connectivity index (χ3n) is 3.37. The van der Waals surface area contributed by atoms with E-state index in [-0.39, 0.29) is 18.0 Å². The monoisotopic (exact) mass is 249 g/mol. The zero-order valence-electron chi connectivity index (χ0n) is 10.9. The highest BCUT2D eigenvalue weighted by atomic mass is 19.1. The molecule has 1 N–H and O–H groups in total. The van der Waals surface area contributed by atoms with Crippen molar-refractivity contribution in [3.8, 4) is 0 Å². The lowest BCUT2D eigenvalue weighted by molar-refractivity contribution is 0.120. The van der Waals surface area contributed by atoms with Crippen LogP contribution >= 0.6 is 0 Å². The molecule has 3 heteroatoms. The fourth-order valence-corrected chi connectivity index (χ4v) is 2.04. The molecule has 0 radical (unpaired) electrons. The molecule has 1 heterocycles. The predicted molar refractivity (Wildman–Crippen MR) is 70.8 cm³/mol. The van der Waals surface area contributed by atoms with Crippen LogP contribution in [0, 0.1) is 12.7 Å². The van der Waals surface area contributed by atoms with Gasteiger partial charge in [0, 0.05) is 12.6 Å². The van der Waals surface area contributed by atoms with Gasteiger partial charge in [-0.2, -0.15) is 0 Å². The highest BCUT2D eigenvalue weighted by molar-refractivity contribution is 5.25. The summed E-state index contributed by atoms with van der Waals surface area (Å²) in [6, 6.07) is 5.53. The summed E-state index contributed by atoms with van der Waals surface area (Å²) >= 11 is 0. The molecule has 0 aliphatic carbocycles. The largest absolute Gasteiger partial charge is 0.497 e. The normalized spacial score (nSPS) is 20.5. The molecule has 0 spiro atoms. The Morgan fingerprint density at radius 1 is 1.50 bits per heavy atom. The molecule has 2 rings (SSSR count). The smallest absolute Gasteiger partial charge is 0.126 e. The van der Waals surface area contributed by atoms with Gasteiger partial charge in [-0.15, -0.1) is 0 Å². The molecule has 1 aliphatic rings. The number of ether oxygens (including phenoxy) is 1. The van der Waals surface area contributed by atoms with Gasteiger partial charge in [-0.3, -0.25) is 0 Å². The second kappa shape index (κ2) is 6.01. The molecule has 0 saturated heterocycles. The summed E-state index contributed by atoms with van der Waals surface area (Å²) < 4.78 is 19.0. The molecule has 0 amide bonds. The van der Waals surface area contributed by atoms with Crippen LogP contribution in [0.3, 0.4) is 0 Å². The number of rotatable bonds is 4. The summed E-state index contributed by atoms with van der Waals surface area (Å²) in [4.78, 5) is 0. The minimum absolute atomic E-state index is 0.134. The van der Waals surface area contributed by atoms with E-state index in [0.29, 0.717) is 5.56 Å². The Morgan fingerprint density at radius 3 is 3.00 bits per heavy atom. The Balaban J connectivity index is 1.88. The van der Waals surface area contributed by atoms with Crippen LogP contribution in [0.4, 0.5) is 4.39 Å². The van der Waals surface area contributed by atoms with E-state index in [0.717, 1.165) is 24.9 Å². The van der Waals surface area contributed by atoms with E-state index >= 15 is 0 Å². The second-order valence-electron chi connectivity index (χ2n) is 4.85. The van der Waals surface area contributed by atoms with Crippen LogP contribution < -0.4 is 5.32 Å². The topological polar surface area (TPSA) is 21.3 Å². The first-order valence-electron chi connectivity index (χ1n) is 6.46. The summed E-state index contributed by atoms with van der Waals surface area (Å²) in [6.07, 6.45) is 6.15. The number of hydrogen-bond donors (Lipinski definition) is 1. The number of nitrogens with one attached hydrogen (secondary N) is 1. The molecular weight excluding hydrogens is 229 g/mol. The Labute approximate surface area is 108 Å². The van der Waals surface area contributed by atoms with Crippen molar-refractivity contribution in [2.45, 2.75) is 38.8 Å². The molecule has 0 aromatic heterocycles. The van der Waals surface area contributed by atoms with Gasteiger partial charge < -0.3 is 10.1 Å². The van der Waals surface area contributed by atoms with Crippen molar-refractivity contribution >= 4 is 0 Å². The first kappa shape index (κ1) is 13.1. The summed E-state index contributed by atoms with van der Waals surface area (Å²) in [7, 11) is 0. The van der Waals surface area contributed by atoms with E-state index in [1.807, 2.05) is 25.1 Å². The molecular formula is C15H20FNO. The minimum atomic E-state index is -0.141. The SMILES string of the molecule is Cc1ccc(C(C)NCC2CCC=CO2)cc1F. The van der Waals surface area contributed by atoms with Crippen LogP contribution in [0.5, 0.6) is 0 Å². The summed E-state index contributed by atoms with van der Waals surface area (Å²) in [5.41, 5.74) is 1.66. The molecule has 18 heavy (non-hydrogen) atoms. The van der Waals surface area contributed by atoms with Gasteiger partial charge in [0.2, 0.25) is 0 Å². The summed E-state index contributed by atoms with van der Waals surface area (Å²) in [5.74, 6) is -0.141. The van der Waals surface area contributed by atoms with Crippen molar-refractivity contribution in [2.75, 3.05) is 6.54 Å². The predicted octanol–water partition coefficient (Wildman–Crippen LogP) is 3.48. The van der Waals surface area contributed by atoms with Crippen molar-refractivity contribution in [2.24, 2.45) is 0 Å². The molecule has 98 valence electrons. The minimum Gasteiger partial charge on any atom is -0.497 e. The molecule has 2 nitrogen and oxygen atoms in total. The van der Waals surface area contributed by atoms with Crippen LogP contribution in [0.2, 0.25) is 0 Å². The first-order valence-corrected chi connectivity index (χ1v) is 6.46. The molecule has 1 aromatic rings. The van der Waals surface area contributed by atoms with Gasteiger partial charge in [-0.25, -0.2) is 4.39 Å². The van der Waals surface area contributed by atoms with Crippen molar-refractivity contribution in [3.05, 3.63) is 47.5 Å². The molecule has 1 aromatic carbocycles. The zero-order valence-corrected chi connectivity index (χ0v) is 10.9. The van der Waals surface area contributed by atoms with E-state index < -0.39 is 0 Å². The molecule has 1 aliphatic heterocycles. The van der Waals surface area contributed by atoms with Crippen molar-refractivity contribution < 1.29 is 9.13 Å². The average Bonchev–Trinajstić information content (AvgIpc) is 2.40. The Bertz CT molecular complexity index is 431. The van der Waals surface area contributed by atoms with Crippen LogP contribution in [0.15, 0.2) is 30.5 Å². The average molecular weight is 249 g/mol. The highest BCUT2D eigenvalue weighted by Gasteiger charge is 2.13. The highest BCUT2D eigenvalue weighted by Crippen LogP contribution is 2.17. The van der Waals surface area contributed by atoms with Gasteiger partial charge >= 0.3 is 0 Å². The van der Waals surface area contributed by atoms with Gasteiger partial charge in [-0.1, -0.05) is 12.1 Å². The van der Waals surface area contributed by atoms with E-state index in [1.54, 1.807) is 19.3 Å². The maximum Gasteiger partial charge on any atom is 0.126 e.